The molecule has 29 heavy (non-hydrogen) atoms. The number of hydrogen-bond acceptors (Lipinski definition) is 6. The Morgan fingerprint density at radius 3 is 2.52 bits per heavy atom. The van der Waals surface area contributed by atoms with Crippen LogP contribution in [0.5, 0.6) is 0 Å². The molecule has 0 saturated carbocycles. The zero-order chi connectivity index (χ0) is 21.2. The topological polar surface area (TPSA) is 63.2 Å². The van der Waals surface area contributed by atoms with E-state index in [0.717, 1.165) is 18.4 Å². The van der Waals surface area contributed by atoms with E-state index in [0.29, 0.717) is 18.1 Å². The van der Waals surface area contributed by atoms with E-state index in [2.05, 4.69) is 6.92 Å². The van der Waals surface area contributed by atoms with Gasteiger partial charge < -0.3 is 18.9 Å². The summed E-state index contributed by atoms with van der Waals surface area (Å²) in [5.74, 6) is -2.80. The average molecular weight is 447 g/mol. The molecule has 0 bridgehead atoms. The van der Waals surface area contributed by atoms with Crippen LogP contribution in [0.15, 0.2) is 24.3 Å². The summed E-state index contributed by atoms with van der Waals surface area (Å²) in [7, 11) is 0. The first-order valence-electron chi connectivity index (χ1n) is 9.92. The lowest BCUT2D eigenvalue weighted by Crippen LogP contribution is -2.47. The smallest absolute Gasteiger partial charge is 0.261 e. The van der Waals surface area contributed by atoms with Gasteiger partial charge in [0.15, 0.2) is 17.7 Å². The molecule has 2 saturated heterocycles. The predicted octanol–water partition coefficient (Wildman–Crippen LogP) is 4.79. The molecule has 8 heteroatoms. The minimum absolute atomic E-state index is 0.278. The van der Waals surface area contributed by atoms with Gasteiger partial charge in [0.25, 0.3) is 5.79 Å². The summed E-state index contributed by atoms with van der Waals surface area (Å²) in [5, 5.41) is 0.649. The van der Waals surface area contributed by atoms with E-state index in [1.807, 2.05) is 12.1 Å². The van der Waals surface area contributed by atoms with Crippen molar-refractivity contribution >= 4 is 29.3 Å². The Bertz CT molecular complexity index is 710. The van der Waals surface area contributed by atoms with Gasteiger partial charge in [-0.15, -0.1) is 0 Å². The average Bonchev–Trinajstić information content (AvgIpc) is 3.10. The van der Waals surface area contributed by atoms with Gasteiger partial charge in [-0.3, -0.25) is 9.08 Å². The van der Waals surface area contributed by atoms with Crippen LogP contribution < -0.4 is 0 Å². The van der Waals surface area contributed by atoms with Crippen molar-refractivity contribution in [2.45, 2.75) is 89.6 Å². The summed E-state index contributed by atoms with van der Waals surface area (Å²) in [6.45, 7) is 7.29. The molecule has 1 aromatic rings. The van der Waals surface area contributed by atoms with Crippen molar-refractivity contribution in [3.05, 3.63) is 34.9 Å². The van der Waals surface area contributed by atoms with Crippen LogP contribution in [0.25, 0.3) is 0 Å². The molecule has 2 fully saturated rings. The summed E-state index contributed by atoms with van der Waals surface area (Å²) < 4.78 is 29.6. The van der Waals surface area contributed by atoms with Crippen molar-refractivity contribution < 1.29 is 28.0 Å². The van der Waals surface area contributed by atoms with E-state index in [4.69, 9.17) is 46.7 Å². The molecule has 0 unspecified atom stereocenters. The highest BCUT2D eigenvalue weighted by Gasteiger charge is 2.69. The highest BCUT2D eigenvalue weighted by molar-refractivity contribution is 6.30. The van der Waals surface area contributed by atoms with Crippen LogP contribution in [-0.4, -0.2) is 41.8 Å². The van der Waals surface area contributed by atoms with Crippen molar-refractivity contribution in [3.8, 4) is 0 Å². The first kappa shape index (κ1) is 22.9. The lowest BCUT2D eigenvalue weighted by Gasteiger charge is -2.30. The van der Waals surface area contributed by atoms with E-state index in [1.165, 1.54) is 6.92 Å². The maximum absolute atomic E-state index is 12.6. The molecule has 5 atom stereocenters. The van der Waals surface area contributed by atoms with E-state index in [9.17, 15) is 4.79 Å². The molecule has 3 rings (SSSR count). The Morgan fingerprint density at radius 2 is 1.93 bits per heavy atom. The molecule has 0 aliphatic carbocycles. The molecule has 6 nitrogen and oxygen atoms in total. The first-order valence-corrected chi connectivity index (χ1v) is 10.6. The maximum atomic E-state index is 12.6. The molecule has 162 valence electrons. The highest BCUT2D eigenvalue weighted by Crippen LogP contribution is 2.48. The Labute approximate surface area is 181 Å². The fourth-order valence-corrected chi connectivity index (χ4v) is 4.23. The summed E-state index contributed by atoms with van der Waals surface area (Å²) in [6.07, 6.45) is 0.114. The van der Waals surface area contributed by atoms with Crippen molar-refractivity contribution in [2.75, 3.05) is 0 Å². The molecule has 0 N–H and O–H groups in total. The van der Waals surface area contributed by atoms with Crippen LogP contribution in [0.1, 0.15) is 52.5 Å². The number of ether oxygens (including phenoxy) is 4. The van der Waals surface area contributed by atoms with Crippen molar-refractivity contribution in [1.82, 2.24) is 0 Å². The Morgan fingerprint density at radius 1 is 1.24 bits per heavy atom. The number of ketones is 1. The third-order valence-corrected chi connectivity index (χ3v) is 5.77. The van der Waals surface area contributed by atoms with E-state index < -0.39 is 36.0 Å². The highest BCUT2D eigenvalue weighted by atomic mass is 35.5. The van der Waals surface area contributed by atoms with Crippen LogP contribution in [0.4, 0.5) is 0 Å². The van der Waals surface area contributed by atoms with Crippen molar-refractivity contribution in [2.24, 2.45) is 0 Å². The summed E-state index contributed by atoms with van der Waals surface area (Å²) >= 11 is 11.8. The lowest BCUT2D eigenvalue weighted by atomic mass is 9.97. The number of carbonyl (C=O) groups is 1. The molecule has 2 heterocycles. The number of halogens is 2. The number of unbranched alkanes of at least 4 members (excludes halogenated alkanes) is 1. The van der Waals surface area contributed by atoms with Crippen molar-refractivity contribution in [1.29, 1.82) is 0 Å². The Hall–Kier alpha value is -0.730. The number of benzene rings is 1. The summed E-state index contributed by atoms with van der Waals surface area (Å²) in [6, 6.07) is 7.36. The zero-order valence-electron chi connectivity index (χ0n) is 17.2. The number of Topliss-reactive ketones (excluding diaryl/α,β-unsaturated/α-hetero) is 1. The van der Waals surface area contributed by atoms with Gasteiger partial charge in [-0.05, 0) is 38.0 Å². The molecule has 1 aromatic carbocycles. The normalized spacial score (nSPS) is 31.6. The van der Waals surface area contributed by atoms with Gasteiger partial charge in [-0.1, -0.05) is 43.5 Å². The number of fused-ring (bicyclic) bond motifs is 1. The summed E-state index contributed by atoms with van der Waals surface area (Å²) in [4.78, 5) is 12.6. The van der Waals surface area contributed by atoms with Gasteiger partial charge in [-0.2, -0.15) is 0 Å². The van der Waals surface area contributed by atoms with Crippen LogP contribution in [0.2, 0.25) is 5.02 Å². The fraction of sp³-hybridized carbons (Fsp3) is 0.667. The van der Waals surface area contributed by atoms with Crippen LogP contribution >= 0.6 is 23.5 Å². The molecular formula is C21H28Cl2O6. The SMILES string of the molecule is CCCC[C@H](OCl)[C@H]1O[C@]2(C(C)=O)OC(C)(C)O[C@@H]2[C@H]1OCc1ccc(Cl)cc1. The standard InChI is InChI=1S/C21H28Cl2O6/c1-5-6-7-16(28-23)17-18(25-12-14-8-10-15(22)11-9-14)19-21(26-17,13(2)24)29-20(3,4)27-19/h8-11,16-19H,5-7,12H2,1-4H3/t16-,17+,18-,19+,21+/m0/s1. The van der Waals surface area contributed by atoms with Gasteiger partial charge in [-0.25, -0.2) is 0 Å². The molecular weight excluding hydrogens is 419 g/mol. The predicted molar refractivity (Wildman–Crippen MR) is 109 cm³/mol. The third-order valence-electron chi connectivity index (χ3n) is 5.29. The van der Waals surface area contributed by atoms with Gasteiger partial charge in [0, 0.05) is 11.9 Å². The maximum Gasteiger partial charge on any atom is 0.261 e. The molecule has 0 radical (unpaired) electrons. The summed E-state index contributed by atoms with van der Waals surface area (Å²) in [5.41, 5.74) is 0.934. The van der Waals surface area contributed by atoms with Gasteiger partial charge in [0.2, 0.25) is 0 Å². The zero-order valence-corrected chi connectivity index (χ0v) is 18.7. The van der Waals surface area contributed by atoms with Crippen LogP contribution in [0.3, 0.4) is 0 Å². The van der Waals surface area contributed by atoms with Crippen LogP contribution in [-0.2, 0) is 34.6 Å². The van der Waals surface area contributed by atoms with Gasteiger partial charge in [0.05, 0.1) is 18.5 Å². The third kappa shape index (κ3) is 4.79. The quantitative estimate of drug-likeness (QED) is 0.543. The number of hydrogen-bond donors (Lipinski definition) is 0. The second kappa shape index (κ2) is 9.18. The molecule has 0 amide bonds. The largest absolute Gasteiger partial charge is 0.368 e. The molecule has 2 aliphatic heterocycles. The second-order valence-electron chi connectivity index (χ2n) is 8.02. The minimum atomic E-state index is -1.54. The minimum Gasteiger partial charge on any atom is -0.368 e. The van der Waals surface area contributed by atoms with E-state index in [1.54, 1.807) is 26.0 Å². The first-order chi connectivity index (χ1) is 13.7. The van der Waals surface area contributed by atoms with Crippen molar-refractivity contribution in [3.63, 3.8) is 0 Å². The Kier molecular flexibility index (Phi) is 7.27. The van der Waals surface area contributed by atoms with E-state index >= 15 is 0 Å². The fourth-order valence-electron chi connectivity index (χ4n) is 3.91. The molecule has 0 aromatic heterocycles. The van der Waals surface area contributed by atoms with Crippen LogP contribution in [0, 0.1) is 0 Å². The Balaban J connectivity index is 1.87. The monoisotopic (exact) mass is 446 g/mol. The number of carbonyl (C=O) groups excluding carboxylic acids is 1. The van der Waals surface area contributed by atoms with Gasteiger partial charge >= 0.3 is 0 Å². The lowest BCUT2D eigenvalue weighted by molar-refractivity contribution is -0.262. The molecule has 0 spiro atoms. The van der Waals surface area contributed by atoms with E-state index in [-0.39, 0.29) is 5.78 Å². The second-order valence-corrected chi connectivity index (χ2v) is 8.63. The molecule has 2 aliphatic rings. The number of rotatable bonds is 9. The van der Waals surface area contributed by atoms with Gasteiger partial charge in [0.1, 0.15) is 18.3 Å².